The van der Waals surface area contributed by atoms with Crippen molar-refractivity contribution in [1.29, 1.82) is 0 Å². The van der Waals surface area contributed by atoms with Crippen molar-refractivity contribution < 1.29 is 23.9 Å². The monoisotopic (exact) mass is 580 g/mol. The summed E-state index contributed by atoms with van der Waals surface area (Å²) in [7, 11) is 1.27. The summed E-state index contributed by atoms with van der Waals surface area (Å²) in [5.74, 6) is 0.404. The van der Waals surface area contributed by atoms with Crippen LogP contribution in [0.1, 0.15) is 44.9 Å². The van der Waals surface area contributed by atoms with Crippen LogP contribution in [0.25, 0.3) is 6.08 Å². The van der Waals surface area contributed by atoms with Gasteiger partial charge < -0.3 is 19.1 Å². The van der Waals surface area contributed by atoms with Crippen molar-refractivity contribution in [3.8, 4) is 11.5 Å². The van der Waals surface area contributed by atoms with Gasteiger partial charge in [0.1, 0.15) is 0 Å². The molecular weight excluding hydrogens is 548 g/mol. The van der Waals surface area contributed by atoms with E-state index in [0.717, 1.165) is 17.0 Å². The Hall–Kier alpha value is -4.45. The standard InChI is InChI=1S/C29H32N4O7S/c1-6-31(7-2)22-12-11-20(33(36)37)14-19(22)16-25-27(34)32-26(21(28(35)38-5)17-30-29(32)41-25)18-10-13-23(39-8-3)24(15-18)40-9-4/h10-17,26H,6-9H2,1-5H3/b25-16-/t26-/m0/s1. The first kappa shape index (κ1) is 29.5. The maximum atomic E-state index is 14.0. The average molecular weight is 581 g/mol. The van der Waals surface area contributed by atoms with Crippen LogP contribution in [0.2, 0.25) is 0 Å². The molecule has 216 valence electrons. The van der Waals surface area contributed by atoms with Gasteiger partial charge in [-0.25, -0.2) is 9.79 Å². The Bertz CT molecular complexity index is 1670. The highest BCUT2D eigenvalue weighted by molar-refractivity contribution is 7.07. The summed E-state index contributed by atoms with van der Waals surface area (Å²) in [5, 5.41) is 11.5. The molecule has 0 bridgehead atoms. The Labute approximate surface area is 240 Å². The van der Waals surface area contributed by atoms with Gasteiger partial charge in [0.05, 0.1) is 41.4 Å². The largest absolute Gasteiger partial charge is 0.490 e. The van der Waals surface area contributed by atoms with E-state index in [1.165, 1.54) is 30.0 Å². The second-order valence-electron chi connectivity index (χ2n) is 8.92. The molecule has 2 aromatic carbocycles. The predicted octanol–water partition coefficient (Wildman–Crippen LogP) is 3.57. The molecule has 2 heterocycles. The Morgan fingerprint density at radius 3 is 2.44 bits per heavy atom. The number of carbonyl (C=O) groups is 1. The molecule has 0 unspecified atom stereocenters. The lowest BCUT2D eigenvalue weighted by atomic mass is 9.97. The molecule has 0 radical (unpaired) electrons. The van der Waals surface area contributed by atoms with Crippen molar-refractivity contribution in [3.05, 3.63) is 89.1 Å². The van der Waals surface area contributed by atoms with Crippen molar-refractivity contribution in [2.24, 2.45) is 4.99 Å². The molecular formula is C29H32N4O7S. The summed E-state index contributed by atoms with van der Waals surface area (Å²) in [5.41, 5.74) is 1.62. The van der Waals surface area contributed by atoms with Crippen LogP contribution in [0.3, 0.4) is 0 Å². The third kappa shape index (κ3) is 5.87. The van der Waals surface area contributed by atoms with Crippen molar-refractivity contribution in [2.45, 2.75) is 33.7 Å². The van der Waals surface area contributed by atoms with Crippen LogP contribution in [0.5, 0.6) is 11.5 Å². The van der Waals surface area contributed by atoms with Crippen LogP contribution in [-0.4, -0.2) is 48.9 Å². The van der Waals surface area contributed by atoms with Crippen molar-refractivity contribution in [3.63, 3.8) is 0 Å². The number of rotatable bonds is 11. The number of methoxy groups -OCH3 is 1. The van der Waals surface area contributed by atoms with E-state index in [-0.39, 0.29) is 11.3 Å². The van der Waals surface area contributed by atoms with Gasteiger partial charge in [-0.05, 0) is 57.5 Å². The van der Waals surface area contributed by atoms with E-state index >= 15 is 0 Å². The maximum Gasteiger partial charge on any atom is 0.337 e. The minimum absolute atomic E-state index is 0.0800. The molecule has 3 aromatic rings. The minimum Gasteiger partial charge on any atom is -0.490 e. The predicted molar refractivity (Wildman–Crippen MR) is 157 cm³/mol. The summed E-state index contributed by atoms with van der Waals surface area (Å²) in [6.45, 7) is 9.89. The lowest BCUT2D eigenvalue weighted by Gasteiger charge is -2.23. The molecule has 1 aromatic heterocycles. The summed E-state index contributed by atoms with van der Waals surface area (Å²) in [6.07, 6.45) is 3.06. The highest BCUT2D eigenvalue weighted by Gasteiger charge is 2.31. The number of ether oxygens (including phenoxy) is 3. The van der Waals surface area contributed by atoms with Gasteiger partial charge in [0.25, 0.3) is 11.2 Å². The van der Waals surface area contributed by atoms with Crippen LogP contribution in [0.4, 0.5) is 11.4 Å². The highest BCUT2D eigenvalue weighted by atomic mass is 32.1. The van der Waals surface area contributed by atoms with E-state index in [1.807, 2.05) is 27.7 Å². The molecule has 1 aliphatic rings. The van der Waals surface area contributed by atoms with Crippen LogP contribution >= 0.6 is 11.3 Å². The molecule has 1 atom stereocenters. The van der Waals surface area contributed by atoms with E-state index in [2.05, 4.69) is 9.89 Å². The van der Waals surface area contributed by atoms with Gasteiger partial charge in [-0.2, -0.15) is 0 Å². The van der Waals surface area contributed by atoms with E-state index in [0.29, 0.717) is 58.3 Å². The molecule has 0 amide bonds. The zero-order valence-corrected chi connectivity index (χ0v) is 24.4. The second kappa shape index (κ2) is 12.8. The number of nitro groups is 1. The Balaban J connectivity index is 1.95. The van der Waals surface area contributed by atoms with Crippen molar-refractivity contribution >= 4 is 34.8 Å². The number of aromatic nitrogens is 1. The Morgan fingerprint density at radius 2 is 1.80 bits per heavy atom. The highest BCUT2D eigenvalue weighted by Crippen LogP contribution is 2.35. The maximum absolute atomic E-state index is 14.0. The fourth-order valence-electron chi connectivity index (χ4n) is 4.75. The van der Waals surface area contributed by atoms with Crippen LogP contribution < -0.4 is 29.3 Å². The van der Waals surface area contributed by atoms with Gasteiger partial charge in [0, 0.05) is 42.7 Å². The third-order valence-electron chi connectivity index (χ3n) is 6.62. The molecule has 1 aliphatic heterocycles. The first-order valence-electron chi connectivity index (χ1n) is 13.3. The quantitative estimate of drug-likeness (QED) is 0.192. The normalized spacial score (nSPS) is 14.5. The molecule has 11 nitrogen and oxygen atoms in total. The zero-order chi connectivity index (χ0) is 29.7. The molecule has 0 saturated heterocycles. The van der Waals surface area contributed by atoms with Gasteiger partial charge >= 0.3 is 5.97 Å². The second-order valence-corrected chi connectivity index (χ2v) is 9.93. The first-order valence-corrected chi connectivity index (χ1v) is 14.1. The number of hydrogen-bond donors (Lipinski definition) is 0. The number of thiazole rings is 1. The number of nitro benzene ring substituents is 1. The number of esters is 1. The summed E-state index contributed by atoms with van der Waals surface area (Å²) in [6, 6.07) is 9.04. The fourth-order valence-corrected chi connectivity index (χ4v) is 5.71. The Kier molecular flexibility index (Phi) is 9.23. The van der Waals surface area contributed by atoms with Gasteiger partial charge in [-0.1, -0.05) is 17.4 Å². The molecule has 12 heteroatoms. The van der Waals surface area contributed by atoms with E-state index in [1.54, 1.807) is 30.3 Å². The SMILES string of the molecule is CCOc1ccc([C@H]2C(C(=O)OC)=CN=c3s/c(=C\c4cc([N+](=O)[O-])ccc4N(CC)CC)c(=O)n32)cc1OCC. The molecule has 0 fully saturated rings. The molecule has 0 N–H and O–H groups in total. The summed E-state index contributed by atoms with van der Waals surface area (Å²) >= 11 is 1.14. The number of hydrogen-bond acceptors (Lipinski definition) is 10. The lowest BCUT2D eigenvalue weighted by molar-refractivity contribution is -0.384. The zero-order valence-electron chi connectivity index (χ0n) is 23.6. The van der Waals surface area contributed by atoms with Crippen LogP contribution in [-0.2, 0) is 9.53 Å². The topological polar surface area (TPSA) is 126 Å². The lowest BCUT2D eigenvalue weighted by Crippen LogP contribution is -2.39. The minimum atomic E-state index is -0.844. The molecule has 0 saturated carbocycles. The molecule has 41 heavy (non-hydrogen) atoms. The van der Waals surface area contributed by atoms with E-state index < -0.39 is 22.5 Å². The average Bonchev–Trinajstić information content (AvgIpc) is 3.29. The fraction of sp³-hybridized carbons (Fsp3) is 0.345. The van der Waals surface area contributed by atoms with Gasteiger partial charge in [-0.15, -0.1) is 0 Å². The molecule has 0 spiro atoms. The van der Waals surface area contributed by atoms with Gasteiger partial charge in [0.15, 0.2) is 16.3 Å². The van der Waals surface area contributed by atoms with Crippen molar-refractivity contribution in [2.75, 3.05) is 38.3 Å². The molecule has 4 rings (SSSR count). The number of benzene rings is 2. The first-order chi connectivity index (χ1) is 19.8. The number of anilines is 1. The number of nitrogens with zero attached hydrogens (tertiary/aromatic N) is 4. The number of non-ortho nitro benzene ring substituents is 1. The third-order valence-corrected chi connectivity index (χ3v) is 7.62. The smallest absolute Gasteiger partial charge is 0.337 e. The summed E-state index contributed by atoms with van der Waals surface area (Å²) in [4.78, 5) is 44.7. The molecule has 0 aliphatic carbocycles. The van der Waals surface area contributed by atoms with E-state index in [4.69, 9.17) is 14.2 Å². The summed E-state index contributed by atoms with van der Waals surface area (Å²) < 4.78 is 18.3. The number of fused-ring (bicyclic) bond motifs is 1. The van der Waals surface area contributed by atoms with Gasteiger partial charge in [0.2, 0.25) is 0 Å². The van der Waals surface area contributed by atoms with Crippen LogP contribution in [0, 0.1) is 10.1 Å². The number of carbonyl (C=O) groups excluding carboxylic acids is 1. The van der Waals surface area contributed by atoms with E-state index in [9.17, 15) is 19.7 Å². The van der Waals surface area contributed by atoms with Crippen molar-refractivity contribution in [1.82, 2.24) is 4.57 Å². The van der Waals surface area contributed by atoms with Crippen LogP contribution in [0.15, 0.2) is 58.0 Å². The van der Waals surface area contributed by atoms with Gasteiger partial charge in [-0.3, -0.25) is 19.5 Å². The Morgan fingerprint density at radius 1 is 1.10 bits per heavy atom.